The first-order valence-electron chi connectivity index (χ1n) is 8.10. The molecular weight excluding hydrogens is 236 g/mol. The highest BCUT2D eigenvalue weighted by Gasteiger charge is 2.36. The van der Waals surface area contributed by atoms with Gasteiger partial charge in [0.25, 0.3) is 0 Å². The van der Waals surface area contributed by atoms with Crippen LogP contribution in [0.1, 0.15) is 58.8 Å². The van der Waals surface area contributed by atoms with E-state index in [0.29, 0.717) is 5.41 Å². The normalized spacial score (nSPS) is 42.0. The van der Waals surface area contributed by atoms with Gasteiger partial charge in [0.05, 0.1) is 5.60 Å². The number of rotatable bonds is 3. The molecule has 0 aromatic heterocycles. The first-order valence-corrected chi connectivity index (χ1v) is 8.10. The number of nitrogens with zero attached hydrogens (tertiary/aromatic N) is 1. The Morgan fingerprint density at radius 2 is 2.00 bits per heavy atom. The fourth-order valence-corrected chi connectivity index (χ4v) is 4.11. The molecule has 3 unspecified atom stereocenters. The van der Waals surface area contributed by atoms with Gasteiger partial charge < -0.3 is 15.7 Å². The molecule has 2 aliphatic rings. The number of likely N-dealkylation sites (tertiary alicyclic amines) is 1. The molecule has 112 valence electrons. The average Bonchev–Trinajstić information content (AvgIpc) is 2.51. The molecule has 1 saturated heterocycles. The van der Waals surface area contributed by atoms with Crippen molar-refractivity contribution in [3.63, 3.8) is 0 Å². The molecule has 1 saturated carbocycles. The van der Waals surface area contributed by atoms with Gasteiger partial charge in [-0.05, 0) is 63.5 Å². The Bertz CT molecular complexity index is 292. The van der Waals surface area contributed by atoms with Crippen molar-refractivity contribution in [3.05, 3.63) is 0 Å². The number of hydrogen-bond donors (Lipinski definition) is 2. The molecule has 3 atom stereocenters. The summed E-state index contributed by atoms with van der Waals surface area (Å²) < 4.78 is 0. The van der Waals surface area contributed by atoms with E-state index in [9.17, 15) is 5.11 Å². The fourth-order valence-electron chi connectivity index (χ4n) is 4.11. The Labute approximate surface area is 118 Å². The molecule has 3 heteroatoms. The van der Waals surface area contributed by atoms with Gasteiger partial charge >= 0.3 is 0 Å². The molecule has 0 aromatic rings. The topological polar surface area (TPSA) is 49.5 Å². The van der Waals surface area contributed by atoms with Crippen LogP contribution in [-0.2, 0) is 0 Å². The molecule has 1 aliphatic carbocycles. The van der Waals surface area contributed by atoms with E-state index in [-0.39, 0.29) is 0 Å². The van der Waals surface area contributed by atoms with E-state index in [0.717, 1.165) is 51.4 Å². The zero-order chi connectivity index (χ0) is 13.9. The Balaban J connectivity index is 1.94. The molecule has 2 fully saturated rings. The van der Waals surface area contributed by atoms with Crippen LogP contribution in [0.25, 0.3) is 0 Å². The summed E-state index contributed by atoms with van der Waals surface area (Å²) in [6.45, 7) is 8.48. The second-order valence-electron chi connectivity index (χ2n) is 7.53. The molecule has 1 aliphatic heterocycles. The van der Waals surface area contributed by atoms with Crippen molar-refractivity contribution in [1.29, 1.82) is 0 Å². The van der Waals surface area contributed by atoms with Crippen LogP contribution in [0.4, 0.5) is 0 Å². The lowest BCUT2D eigenvalue weighted by atomic mass is 9.69. The lowest BCUT2D eigenvalue weighted by molar-refractivity contribution is 0.0400. The van der Waals surface area contributed by atoms with Crippen molar-refractivity contribution >= 4 is 0 Å². The van der Waals surface area contributed by atoms with Crippen LogP contribution >= 0.6 is 0 Å². The Morgan fingerprint density at radius 3 is 2.68 bits per heavy atom. The largest absolute Gasteiger partial charge is 0.390 e. The number of nitrogens with two attached hydrogens (primary N) is 1. The highest BCUT2D eigenvalue weighted by molar-refractivity contribution is 4.90. The fraction of sp³-hybridized carbons (Fsp3) is 1.00. The standard InChI is InChI=1S/C16H32N2O/c1-14-5-3-7-16(11-14,12-17)13-18-9-4-6-15(2,19)8-10-18/h14,19H,3-13,17H2,1-2H3. The second-order valence-corrected chi connectivity index (χ2v) is 7.53. The van der Waals surface area contributed by atoms with E-state index in [1.807, 2.05) is 6.92 Å². The van der Waals surface area contributed by atoms with E-state index in [1.165, 1.54) is 25.7 Å². The number of hydrogen-bond acceptors (Lipinski definition) is 3. The van der Waals surface area contributed by atoms with Crippen molar-refractivity contribution in [3.8, 4) is 0 Å². The lowest BCUT2D eigenvalue weighted by Gasteiger charge is -2.42. The summed E-state index contributed by atoms with van der Waals surface area (Å²) in [6.07, 6.45) is 8.25. The summed E-state index contributed by atoms with van der Waals surface area (Å²) in [4.78, 5) is 2.56. The van der Waals surface area contributed by atoms with Gasteiger partial charge in [-0.2, -0.15) is 0 Å². The van der Waals surface area contributed by atoms with Gasteiger partial charge in [-0.1, -0.05) is 19.8 Å². The van der Waals surface area contributed by atoms with Crippen molar-refractivity contribution in [2.75, 3.05) is 26.2 Å². The van der Waals surface area contributed by atoms with E-state index < -0.39 is 5.60 Å². The van der Waals surface area contributed by atoms with Crippen molar-refractivity contribution in [1.82, 2.24) is 4.90 Å². The first kappa shape index (κ1) is 15.3. The third-order valence-corrected chi connectivity index (χ3v) is 5.33. The quantitative estimate of drug-likeness (QED) is 0.826. The van der Waals surface area contributed by atoms with Crippen LogP contribution in [0.3, 0.4) is 0 Å². The Kier molecular flexibility index (Phi) is 4.91. The third kappa shape index (κ3) is 4.17. The average molecular weight is 268 g/mol. The molecule has 3 nitrogen and oxygen atoms in total. The highest BCUT2D eigenvalue weighted by Crippen LogP contribution is 2.39. The van der Waals surface area contributed by atoms with Gasteiger partial charge in [-0.15, -0.1) is 0 Å². The zero-order valence-electron chi connectivity index (χ0n) is 12.8. The SMILES string of the molecule is CC1CCCC(CN)(CN2CCCC(C)(O)CC2)C1. The first-order chi connectivity index (χ1) is 8.95. The van der Waals surface area contributed by atoms with E-state index in [4.69, 9.17) is 5.73 Å². The Hall–Kier alpha value is -0.120. The predicted octanol–water partition coefficient (Wildman–Crippen LogP) is 2.38. The molecule has 0 aromatic carbocycles. The van der Waals surface area contributed by atoms with Crippen LogP contribution < -0.4 is 5.73 Å². The second kappa shape index (κ2) is 6.11. The van der Waals surface area contributed by atoms with Crippen LogP contribution in [0, 0.1) is 11.3 Å². The molecule has 0 bridgehead atoms. The molecule has 0 amide bonds. The summed E-state index contributed by atoms with van der Waals surface area (Å²) in [7, 11) is 0. The molecule has 2 rings (SSSR count). The van der Waals surface area contributed by atoms with Gasteiger partial charge in [0.2, 0.25) is 0 Å². The minimum Gasteiger partial charge on any atom is -0.390 e. The zero-order valence-corrected chi connectivity index (χ0v) is 12.8. The van der Waals surface area contributed by atoms with Gasteiger partial charge in [0.15, 0.2) is 0 Å². The van der Waals surface area contributed by atoms with Crippen molar-refractivity contribution < 1.29 is 5.11 Å². The third-order valence-electron chi connectivity index (χ3n) is 5.33. The minimum absolute atomic E-state index is 0.341. The van der Waals surface area contributed by atoms with E-state index >= 15 is 0 Å². The number of aliphatic hydroxyl groups is 1. The van der Waals surface area contributed by atoms with Crippen LogP contribution in [-0.4, -0.2) is 41.8 Å². The highest BCUT2D eigenvalue weighted by atomic mass is 16.3. The molecule has 3 N–H and O–H groups in total. The predicted molar refractivity (Wildman–Crippen MR) is 80.0 cm³/mol. The maximum atomic E-state index is 10.2. The van der Waals surface area contributed by atoms with E-state index in [2.05, 4.69) is 11.8 Å². The van der Waals surface area contributed by atoms with Crippen molar-refractivity contribution in [2.24, 2.45) is 17.1 Å². The summed E-state index contributed by atoms with van der Waals surface area (Å²) in [5.74, 6) is 0.826. The summed E-state index contributed by atoms with van der Waals surface area (Å²) in [6, 6.07) is 0. The van der Waals surface area contributed by atoms with Gasteiger partial charge in [0.1, 0.15) is 0 Å². The molecular formula is C16H32N2O. The van der Waals surface area contributed by atoms with Crippen LogP contribution in [0.15, 0.2) is 0 Å². The van der Waals surface area contributed by atoms with Gasteiger partial charge in [-0.25, -0.2) is 0 Å². The minimum atomic E-state index is -0.454. The molecule has 0 radical (unpaired) electrons. The van der Waals surface area contributed by atoms with E-state index in [1.54, 1.807) is 0 Å². The molecule has 1 heterocycles. The van der Waals surface area contributed by atoms with Gasteiger partial charge in [-0.3, -0.25) is 0 Å². The maximum Gasteiger partial charge on any atom is 0.0632 e. The smallest absolute Gasteiger partial charge is 0.0632 e. The summed E-state index contributed by atoms with van der Waals surface area (Å²) in [5.41, 5.74) is 6.02. The van der Waals surface area contributed by atoms with Crippen LogP contribution in [0.5, 0.6) is 0 Å². The maximum absolute atomic E-state index is 10.2. The molecule has 0 spiro atoms. The lowest BCUT2D eigenvalue weighted by Crippen LogP contribution is -2.45. The summed E-state index contributed by atoms with van der Waals surface area (Å²) in [5, 5.41) is 10.2. The molecule has 19 heavy (non-hydrogen) atoms. The van der Waals surface area contributed by atoms with Crippen molar-refractivity contribution in [2.45, 2.75) is 64.4 Å². The monoisotopic (exact) mass is 268 g/mol. The van der Waals surface area contributed by atoms with Gasteiger partial charge in [0, 0.05) is 13.1 Å². The Morgan fingerprint density at radius 1 is 1.21 bits per heavy atom. The summed E-state index contributed by atoms with van der Waals surface area (Å²) >= 11 is 0. The van der Waals surface area contributed by atoms with Crippen LogP contribution in [0.2, 0.25) is 0 Å².